The molecule has 1 aliphatic heterocycles. The minimum absolute atomic E-state index is 0.0207. The summed E-state index contributed by atoms with van der Waals surface area (Å²) < 4.78 is 58.2. The molecule has 0 amide bonds. The third kappa shape index (κ3) is 5.49. The van der Waals surface area contributed by atoms with Gasteiger partial charge in [-0.05, 0) is 41.0 Å². The number of benzene rings is 1. The van der Waals surface area contributed by atoms with Crippen molar-refractivity contribution in [2.24, 2.45) is 5.73 Å². The highest BCUT2D eigenvalue weighted by molar-refractivity contribution is 5.73. The van der Waals surface area contributed by atoms with Crippen molar-refractivity contribution in [3.63, 3.8) is 0 Å². The van der Waals surface area contributed by atoms with Crippen LogP contribution in [0.3, 0.4) is 0 Å². The van der Waals surface area contributed by atoms with Crippen LogP contribution in [0.5, 0.6) is 11.5 Å². The van der Waals surface area contributed by atoms with Crippen LogP contribution >= 0.6 is 0 Å². The molecule has 1 aromatic carbocycles. The molecule has 176 valence electrons. The standard InChI is InChI=1S/C18H17FN4O3.C2HF3O2/c19-8-12(9-20)10-23-18(24)22-11-14(2-4-17(22)21-23)13-1-3-15-16(7-13)26-6-5-25-15;3-2(4,5)1(6)7/h1-4,7-8,11H,5-6,9-10,20H2;(H,6,7)/b12-8+;. The number of halogens is 4. The van der Waals surface area contributed by atoms with Crippen LogP contribution < -0.4 is 20.9 Å². The molecule has 33 heavy (non-hydrogen) atoms. The lowest BCUT2D eigenvalue weighted by atomic mass is 10.1. The highest BCUT2D eigenvalue weighted by atomic mass is 19.4. The van der Waals surface area contributed by atoms with Gasteiger partial charge < -0.3 is 20.3 Å². The van der Waals surface area contributed by atoms with Gasteiger partial charge in [-0.1, -0.05) is 6.07 Å². The number of nitrogens with two attached hydrogens (primary N) is 1. The van der Waals surface area contributed by atoms with Crippen LogP contribution in [0.15, 0.2) is 53.2 Å². The van der Waals surface area contributed by atoms with Gasteiger partial charge in [0.2, 0.25) is 0 Å². The van der Waals surface area contributed by atoms with E-state index in [1.54, 1.807) is 12.3 Å². The lowest BCUT2D eigenvalue weighted by Gasteiger charge is -2.18. The van der Waals surface area contributed by atoms with Crippen LogP contribution in [0.2, 0.25) is 0 Å². The Morgan fingerprint density at radius 2 is 1.79 bits per heavy atom. The van der Waals surface area contributed by atoms with Gasteiger partial charge in [-0.25, -0.2) is 23.1 Å². The zero-order chi connectivity index (χ0) is 24.2. The number of alkyl halides is 3. The number of nitrogens with zero attached hydrogens (tertiary/aromatic N) is 3. The highest BCUT2D eigenvalue weighted by Gasteiger charge is 2.38. The van der Waals surface area contributed by atoms with Crippen LogP contribution in [-0.4, -0.2) is 51.2 Å². The Labute approximate surface area is 183 Å². The summed E-state index contributed by atoms with van der Waals surface area (Å²) in [6.07, 6.45) is -2.97. The van der Waals surface area contributed by atoms with Gasteiger partial charge in [0.1, 0.15) is 13.2 Å². The van der Waals surface area contributed by atoms with Gasteiger partial charge >= 0.3 is 17.8 Å². The molecule has 0 spiro atoms. The normalized spacial score (nSPS) is 13.4. The summed E-state index contributed by atoms with van der Waals surface area (Å²) in [6, 6.07) is 9.24. The van der Waals surface area contributed by atoms with Gasteiger partial charge in [0.25, 0.3) is 0 Å². The molecule has 3 N–H and O–H groups in total. The molecule has 0 radical (unpaired) electrons. The number of pyridine rings is 1. The number of hydrogen-bond donors (Lipinski definition) is 2. The summed E-state index contributed by atoms with van der Waals surface area (Å²) >= 11 is 0. The first-order valence-electron chi connectivity index (χ1n) is 9.41. The summed E-state index contributed by atoms with van der Waals surface area (Å²) in [5.41, 5.74) is 7.59. The Hall–Kier alpha value is -3.87. The largest absolute Gasteiger partial charge is 0.490 e. The maximum atomic E-state index is 12.7. The summed E-state index contributed by atoms with van der Waals surface area (Å²) in [7, 11) is 0. The van der Waals surface area contributed by atoms with Crippen molar-refractivity contribution in [2.45, 2.75) is 12.7 Å². The number of rotatable bonds is 4. The first kappa shape index (κ1) is 23.8. The maximum absolute atomic E-state index is 12.7. The van der Waals surface area contributed by atoms with Crippen LogP contribution in [0.1, 0.15) is 0 Å². The minimum Gasteiger partial charge on any atom is -0.486 e. The number of aliphatic carboxylic acids is 1. The summed E-state index contributed by atoms with van der Waals surface area (Å²) in [5, 5.41) is 11.3. The fraction of sp³-hybridized carbons (Fsp3) is 0.250. The third-order valence-corrected chi connectivity index (χ3v) is 4.46. The van der Waals surface area contributed by atoms with Gasteiger partial charge in [0.05, 0.1) is 12.9 Å². The van der Waals surface area contributed by atoms with E-state index in [0.29, 0.717) is 42.3 Å². The molecule has 13 heteroatoms. The fourth-order valence-electron chi connectivity index (χ4n) is 2.85. The van der Waals surface area contributed by atoms with Crippen LogP contribution in [0.4, 0.5) is 17.6 Å². The van der Waals surface area contributed by atoms with Crippen molar-refractivity contribution in [2.75, 3.05) is 19.8 Å². The fourth-order valence-corrected chi connectivity index (χ4v) is 2.85. The maximum Gasteiger partial charge on any atom is 0.490 e. The van der Waals surface area contributed by atoms with Gasteiger partial charge in [0.15, 0.2) is 17.1 Å². The van der Waals surface area contributed by atoms with Gasteiger partial charge in [-0.2, -0.15) is 13.2 Å². The van der Waals surface area contributed by atoms with Gasteiger partial charge in [0, 0.05) is 12.7 Å². The number of ether oxygens (including phenoxy) is 2. The number of hydrogen-bond acceptors (Lipinski definition) is 6. The Morgan fingerprint density at radius 3 is 2.39 bits per heavy atom. The second-order valence-corrected chi connectivity index (χ2v) is 6.72. The van der Waals surface area contributed by atoms with Crippen molar-refractivity contribution in [1.82, 2.24) is 14.2 Å². The summed E-state index contributed by atoms with van der Waals surface area (Å²) in [6.45, 7) is 1.09. The molecule has 0 aliphatic carbocycles. The molecular weight excluding hydrogens is 452 g/mol. The van der Waals surface area contributed by atoms with Crippen molar-refractivity contribution in [1.29, 1.82) is 0 Å². The molecule has 3 aromatic rings. The molecule has 9 nitrogen and oxygen atoms in total. The van der Waals surface area contributed by atoms with E-state index in [1.807, 2.05) is 24.3 Å². The SMILES string of the molecule is NC/C(=C\F)Cn1nc2ccc(-c3ccc4c(c3)OCCO4)cn2c1=O.O=C(O)C(F)(F)F. The van der Waals surface area contributed by atoms with Crippen LogP contribution in [-0.2, 0) is 11.3 Å². The van der Waals surface area contributed by atoms with Crippen molar-refractivity contribution >= 4 is 11.6 Å². The van der Waals surface area contributed by atoms with E-state index in [-0.39, 0.29) is 18.8 Å². The Bertz CT molecular complexity index is 1250. The van der Waals surface area contributed by atoms with Crippen molar-refractivity contribution < 1.29 is 36.9 Å². The molecule has 3 heterocycles. The molecule has 0 fully saturated rings. The van der Waals surface area contributed by atoms with Crippen molar-refractivity contribution in [3.05, 3.63) is 58.9 Å². The average Bonchev–Trinajstić information content (AvgIpc) is 3.11. The van der Waals surface area contributed by atoms with E-state index in [2.05, 4.69) is 5.10 Å². The van der Waals surface area contributed by atoms with E-state index in [1.165, 1.54) is 9.08 Å². The highest BCUT2D eigenvalue weighted by Crippen LogP contribution is 2.34. The van der Waals surface area contributed by atoms with Crippen LogP contribution in [0.25, 0.3) is 16.8 Å². The molecule has 0 bridgehead atoms. The number of carboxylic acid groups (broad SMARTS) is 1. The molecule has 1 aliphatic rings. The predicted octanol–water partition coefficient (Wildman–Crippen LogP) is 2.38. The summed E-state index contributed by atoms with van der Waals surface area (Å²) in [5.74, 6) is -1.37. The Balaban J connectivity index is 0.000000383. The molecule has 0 saturated heterocycles. The number of fused-ring (bicyclic) bond motifs is 2. The predicted molar refractivity (Wildman–Crippen MR) is 108 cm³/mol. The lowest BCUT2D eigenvalue weighted by molar-refractivity contribution is -0.192. The van der Waals surface area contributed by atoms with E-state index in [0.717, 1.165) is 11.1 Å². The number of carboxylic acids is 1. The van der Waals surface area contributed by atoms with E-state index < -0.39 is 12.1 Å². The average molecular weight is 470 g/mol. The zero-order valence-corrected chi connectivity index (χ0v) is 16.9. The number of aromatic nitrogens is 3. The summed E-state index contributed by atoms with van der Waals surface area (Å²) in [4.78, 5) is 21.4. The van der Waals surface area contributed by atoms with Gasteiger partial charge in [-0.15, -0.1) is 5.10 Å². The number of carbonyl (C=O) groups is 1. The quantitative estimate of drug-likeness (QED) is 0.562. The lowest BCUT2D eigenvalue weighted by Crippen LogP contribution is -2.23. The van der Waals surface area contributed by atoms with Gasteiger partial charge in [-0.3, -0.25) is 0 Å². The monoisotopic (exact) mass is 470 g/mol. The van der Waals surface area contributed by atoms with E-state index >= 15 is 0 Å². The molecule has 0 atom stereocenters. The molecule has 2 aromatic heterocycles. The molecule has 0 saturated carbocycles. The second-order valence-electron chi connectivity index (χ2n) is 6.72. The van der Waals surface area contributed by atoms with E-state index in [4.69, 9.17) is 25.1 Å². The first-order valence-corrected chi connectivity index (χ1v) is 9.41. The Morgan fingerprint density at radius 1 is 1.15 bits per heavy atom. The molecule has 4 rings (SSSR count). The van der Waals surface area contributed by atoms with Crippen molar-refractivity contribution in [3.8, 4) is 22.6 Å². The topological polar surface area (TPSA) is 121 Å². The first-order chi connectivity index (χ1) is 15.6. The molecular formula is C20H18F4N4O5. The zero-order valence-electron chi connectivity index (χ0n) is 16.9. The molecule has 0 unspecified atom stereocenters. The smallest absolute Gasteiger partial charge is 0.486 e. The second kappa shape index (κ2) is 9.73. The van der Waals surface area contributed by atoms with Crippen LogP contribution in [0, 0.1) is 0 Å². The third-order valence-electron chi connectivity index (χ3n) is 4.46. The Kier molecular flexibility index (Phi) is 7.01. The minimum atomic E-state index is -5.08. The van der Waals surface area contributed by atoms with E-state index in [9.17, 15) is 22.4 Å².